The molecule has 1 unspecified atom stereocenters. The van der Waals surface area contributed by atoms with Crippen LogP contribution >= 0.6 is 0 Å². The highest BCUT2D eigenvalue weighted by atomic mass is 16.5. The highest BCUT2D eigenvalue weighted by molar-refractivity contribution is 5.14. The molecule has 4 nitrogen and oxygen atoms in total. The van der Waals surface area contributed by atoms with Gasteiger partial charge in [-0.05, 0) is 12.0 Å². The van der Waals surface area contributed by atoms with E-state index in [0.717, 1.165) is 32.5 Å². The van der Waals surface area contributed by atoms with Gasteiger partial charge in [0.2, 0.25) is 0 Å². The summed E-state index contributed by atoms with van der Waals surface area (Å²) in [5.41, 5.74) is 6.88. The Morgan fingerprint density at radius 1 is 1.30 bits per heavy atom. The molecule has 0 aliphatic carbocycles. The van der Waals surface area contributed by atoms with Gasteiger partial charge in [-0.3, -0.25) is 4.90 Å². The number of ether oxygens (including phenoxy) is 1. The summed E-state index contributed by atoms with van der Waals surface area (Å²) >= 11 is 0. The summed E-state index contributed by atoms with van der Waals surface area (Å²) in [6.45, 7) is 6.03. The lowest BCUT2D eigenvalue weighted by atomic mass is 10.2. The number of nitrogens with two attached hydrogens (primary N) is 1. The second-order valence-corrected chi connectivity index (χ2v) is 5.09. The minimum Gasteiger partial charge on any atom is -0.389 e. The van der Waals surface area contributed by atoms with Gasteiger partial charge in [-0.15, -0.1) is 0 Å². The minimum absolute atomic E-state index is 0.399. The Labute approximate surface area is 122 Å². The summed E-state index contributed by atoms with van der Waals surface area (Å²) < 4.78 is 5.46. The lowest BCUT2D eigenvalue weighted by Crippen LogP contribution is -2.37. The maximum absolute atomic E-state index is 10.0. The SMILES string of the molecule is CCCCOCC(O)CN(CCN)Cc1ccccc1. The van der Waals surface area contributed by atoms with E-state index in [-0.39, 0.29) is 0 Å². The van der Waals surface area contributed by atoms with E-state index in [4.69, 9.17) is 10.5 Å². The Morgan fingerprint density at radius 2 is 2.05 bits per heavy atom. The van der Waals surface area contributed by atoms with Crippen molar-refractivity contribution < 1.29 is 9.84 Å². The van der Waals surface area contributed by atoms with Crippen LogP contribution < -0.4 is 5.73 Å². The van der Waals surface area contributed by atoms with E-state index in [1.54, 1.807) is 0 Å². The van der Waals surface area contributed by atoms with Crippen LogP contribution in [0.25, 0.3) is 0 Å². The number of hydrogen-bond acceptors (Lipinski definition) is 4. The zero-order chi connectivity index (χ0) is 14.6. The first kappa shape index (κ1) is 17.1. The van der Waals surface area contributed by atoms with Crippen molar-refractivity contribution in [2.24, 2.45) is 5.73 Å². The monoisotopic (exact) mass is 280 g/mol. The highest BCUT2D eigenvalue weighted by Gasteiger charge is 2.11. The van der Waals surface area contributed by atoms with Crippen LogP contribution in [-0.2, 0) is 11.3 Å². The fraction of sp³-hybridized carbons (Fsp3) is 0.625. The molecule has 1 atom stereocenters. The molecule has 0 saturated heterocycles. The van der Waals surface area contributed by atoms with Crippen molar-refractivity contribution in [1.82, 2.24) is 4.90 Å². The first-order valence-electron chi connectivity index (χ1n) is 7.48. The maximum atomic E-state index is 10.0. The Bertz CT molecular complexity index is 333. The van der Waals surface area contributed by atoms with Crippen molar-refractivity contribution in [3.8, 4) is 0 Å². The second-order valence-electron chi connectivity index (χ2n) is 5.09. The molecule has 0 aliphatic heterocycles. The zero-order valence-electron chi connectivity index (χ0n) is 12.5. The predicted molar refractivity (Wildman–Crippen MR) is 82.5 cm³/mol. The number of rotatable bonds is 11. The molecule has 0 fully saturated rings. The van der Waals surface area contributed by atoms with Crippen LogP contribution in [0.3, 0.4) is 0 Å². The number of hydrogen-bond donors (Lipinski definition) is 2. The van der Waals surface area contributed by atoms with E-state index in [1.807, 2.05) is 18.2 Å². The van der Waals surface area contributed by atoms with Crippen LogP contribution in [0.2, 0.25) is 0 Å². The average molecular weight is 280 g/mol. The Morgan fingerprint density at radius 3 is 2.70 bits per heavy atom. The minimum atomic E-state index is -0.456. The van der Waals surface area contributed by atoms with Gasteiger partial charge in [0.15, 0.2) is 0 Å². The molecule has 20 heavy (non-hydrogen) atoms. The molecule has 0 radical (unpaired) electrons. The summed E-state index contributed by atoms with van der Waals surface area (Å²) in [5, 5.41) is 10.0. The van der Waals surface area contributed by atoms with Gasteiger partial charge < -0.3 is 15.6 Å². The molecule has 1 aromatic rings. The summed E-state index contributed by atoms with van der Waals surface area (Å²) in [6.07, 6.45) is 1.70. The topological polar surface area (TPSA) is 58.7 Å². The van der Waals surface area contributed by atoms with Crippen molar-refractivity contribution >= 4 is 0 Å². The molecule has 4 heteroatoms. The zero-order valence-corrected chi connectivity index (χ0v) is 12.5. The molecule has 0 saturated carbocycles. The van der Waals surface area contributed by atoms with Gasteiger partial charge in [-0.1, -0.05) is 43.7 Å². The normalized spacial score (nSPS) is 12.8. The van der Waals surface area contributed by atoms with Gasteiger partial charge in [-0.25, -0.2) is 0 Å². The predicted octanol–water partition coefficient (Wildman–Crippen LogP) is 1.62. The van der Waals surface area contributed by atoms with Crippen LogP contribution in [0.15, 0.2) is 30.3 Å². The van der Waals surface area contributed by atoms with E-state index in [1.165, 1.54) is 5.56 Å². The summed E-state index contributed by atoms with van der Waals surface area (Å²) in [7, 11) is 0. The second kappa shape index (κ2) is 10.8. The third-order valence-electron chi connectivity index (χ3n) is 3.12. The van der Waals surface area contributed by atoms with E-state index in [0.29, 0.717) is 19.7 Å². The molecule has 0 bridgehead atoms. The quantitative estimate of drug-likeness (QED) is 0.605. The lowest BCUT2D eigenvalue weighted by molar-refractivity contribution is 0.0149. The molecular formula is C16H28N2O2. The molecule has 1 rings (SSSR count). The van der Waals surface area contributed by atoms with Gasteiger partial charge in [0.25, 0.3) is 0 Å². The van der Waals surface area contributed by atoms with Crippen molar-refractivity contribution in [3.63, 3.8) is 0 Å². The number of unbranched alkanes of at least 4 members (excludes halogenated alkanes) is 1. The van der Waals surface area contributed by atoms with Crippen LogP contribution in [0.1, 0.15) is 25.3 Å². The third kappa shape index (κ3) is 7.60. The largest absolute Gasteiger partial charge is 0.389 e. The molecule has 0 amide bonds. The van der Waals surface area contributed by atoms with E-state index < -0.39 is 6.10 Å². The van der Waals surface area contributed by atoms with Crippen LogP contribution in [-0.4, -0.2) is 49.0 Å². The van der Waals surface area contributed by atoms with Gasteiger partial charge in [0, 0.05) is 32.8 Å². The van der Waals surface area contributed by atoms with Crippen molar-refractivity contribution in [2.75, 3.05) is 32.8 Å². The van der Waals surface area contributed by atoms with Gasteiger partial charge in [0.1, 0.15) is 0 Å². The Balaban J connectivity index is 2.34. The van der Waals surface area contributed by atoms with Gasteiger partial charge in [0.05, 0.1) is 12.7 Å². The van der Waals surface area contributed by atoms with Crippen LogP contribution in [0.4, 0.5) is 0 Å². The van der Waals surface area contributed by atoms with E-state index >= 15 is 0 Å². The molecule has 114 valence electrons. The fourth-order valence-corrected chi connectivity index (χ4v) is 2.08. The van der Waals surface area contributed by atoms with Crippen LogP contribution in [0, 0.1) is 0 Å². The number of benzene rings is 1. The number of aliphatic hydroxyl groups is 1. The third-order valence-corrected chi connectivity index (χ3v) is 3.12. The smallest absolute Gasteiger partial charge is 0.0900 e. The molecule has 0 spiro atoms. The average Bonchev–Trinajstić information content (AvgIpc) is 2.45. The molecular weight excluding hydrogens is 252 g/mol. The van der Waals surface area contributed by atoms with Crippen molar-refractivity contribution in [3.05, 3.63) is 35.9 Å². The molecule has 0 heterocycles. The van der Waals surface area contributed by atoms with Gasteiger partial charge >= 0.3 is 0 Å². The van der Waals surface area contributed by atoms with Crippen molar-refractivity contribution in [1.29, 1.82) is 0 Å². The van der Waals surface area contributed by atoms with Crippen molar-refractivity contribution in [2.45, 2.75) is 32.4 Å². The Hall–Kier alpha value is -0.940. The fourth-order valence-electron chi connectivity index (χ4n) is 2.08. The Kier molecular flexibility index (Phi) is 9.24. The molecule has 0 aliphatic rings. The summed E-state index contributed by atoms with van der Waals surface area (Å²) in [5.74, 6) is 0. The van der Waals surface area contributed by atoms with Crippen LogP contribution in [0.5, 0.6) is 0 Å². The van der Waals surface area contributed by atoms with E-state index in [2.05, 4.69) is 24.0 Å². The summed E-state index contributed by atoms with van der Waals surface area (Å²) in [4.78, 5) is 2.17. The molecule has 1 aromatic carbocycles. The maximum Gasteiger partial charge on any atom is 0.0900 e. The first-order chi connectivity index (χ1) is 9.76. The number of aliphatic hydroxyl groups excluding tert-OH is 1. The number of nitrogens with zero attached hydrogens (tertiary/aromatic N) is 1. The van der Waals surface area contributed by atoms with Gasteiger partial charge in [-0.2, -0.15) is 0 Å². The highest BCUT2D eigenvalue weighted by Crippen LogP contribution is 2.05. The molecule has 3 N–H and O–H groups in total. The van der Waals surface area contributed by atoms with E-state index in [9.17, 15) is 5.11 Å². The molecule has 0 aromatic heterocycles. The summed E-state index contributed by atoms with van der Waals surface area (Å²) in [6, 6.07) is 10.2. The standard InChI is InChI=1S/C16H28N2O2/c1-2-3-11-20-14-16(19)13-18(10-9-17)12-15-7-5-4-6-8-15/h4-8,16,19H,2-3,9-14,17H2,1H3. The first-order valence-corrected chi connectivity index (χ1v) is 7.48. The lowest BCUT2D eigenvalue weighted by Gasteiger charge is -2.24.